The summed E-state index contributed by atoms with van der Waals surface area (Å²) in [7, 11) is 1.32. The van der Waals surface area contributed by atoms with E-state index in [0.717, 1.165) is 34.0 Å². The van der Waals surface area contributed by atoms with Gasteiger partial charge >= 0.3 is 5.97 Å². The molecule has 0 fully saturated rings. The monoisotopic (exact) mass is 424 g/mol. The first-order valence-electron chi connectivity index (χ1n) is 10.3. The zero-order valence-electron chi connectivity index (χ0n) is 17.8. The molecule has 0 spiro atoms. The quantitative estimate of drug-likeness (QED) is 0.534. The number of aliphatic hydroxyl groups is 1. The Kier molecular flexibility index (Phi) is 7.09. The predicted octanol–water partition coefficient (Wildman–Crippen LogP) is 1.47. The van der Waals surface area contributed by atoms with Gasteiger partial charge in [0.25, 0.3) is 0 Å². The zero-order chi connectivity index (χ0) is 22.5. The lowest BCUT2D eigenvalue weighted by molar-refractivity contribution is -0.433. The maximum Gasteiger partial charge on any atom is 0.354 e. The molecule has 1 aliphatic carbocycles. The minimum Gasteiger partial charge on any atom is -0.550 e. The van der Waals surface area contributed by atoms with Gasteiger partial charge in [-0.3, -0.25) is 0 Å². The third-order valence-electron chi connectivity index (χ3n) is 5.60. The molecule has 3 atom stereocenters. The zero-order valence-corrected chi connectivity index (χ0v) is 17.8. The van der Waals surface area contributed by atoms with Crippen LogP contribution in [0, 0.1) is 0 Å². The van der Waals surface area contributed by atoms with E-state index in [1.165, 1.54) is 7.11 Å². The molecule has 31 heavy (non-hydrogen) atoms. The number of ether oxygens (including phenoxy) is 1. The number of carboxylic acid groups (broad SMARTS) is 1. The average molecular weight is 424 g/mol. The van der Waals surface area contributed by atoms with Gasteiger partial charge in [-0.05, 0) is 54.9 Å². The Labute approximate surface area is 180 Å². The molecule has 4 rings (SSSR count). The second-order valence-electron chi connectivity index (χ2n) is 7.89. The molecule has 0 bridgehead atoms. The fourth-order valence-electron chi connectivity index (χ4n) is 4.09. The Morgan fingerprint density at radius 2 is 1.94 bits per heavy atom. The van der Waals surface area contributed by atoms with Crippen LogP contribution < -0.4 is 10.8 Å². The van der Waals surface area contributed by atoms with E-state index in [0.29, 0.717) is 12.1 Å². The average Bonchev–Trinajstić information content (AvgIpc) is 3.17. The van der Waals surface area contributed by atoms with E-state index in [1.54, 1.807) is 0 Å². The number of carbonyl (C=O) groups excluding carboxylic acids is 2. The summed E-state index contributed by atoms with van der Waals surface area (Å²) >= 11 is 0. The number of aryl methyl sites for hydroxylation is 1. The van der Waals surface area contributed by atoms with Crippen LogP contribution in [0.4, 0.5) is 0 Å². The summed E-state index contributed by atoms with van der Waals surface area (Å²) in [5.74, 6) is -1.77. The highest BCUT2D eigenvalue weighted by atomic mass is 16.5. The number of hydrogen-bond acceptors (Lipinski definition) is 5. The Balaban J connectivity index is 0.000000210. The highest BCUT2D eigenvalue weighted by Crippen LogP contribution is 2.40. The van der Waals surface area contributed by atoms with Gasteiger partial charge in [0.2, 0.25) is 0 Å². The summed E-state index contributed by atoms with van der Waals surface area (Å²) in [6, 6.07) is 15.5. The van der Waals surface area contributed by atoms with E-state index < -0.39 is 18.0 Å². The number of H-pyrrole nitrogens is 1. The van der Waals surface area contributed by atoms with Crippen molar-refractivity contribution in [1.29, 1.82) is 0 Å². The molecule has 3 aromatic rings. The van der Waals surface area contributed by atoms with Gasteiger partial charge in [0.1, 0.15) is 17.8 Å². The molecule has 7 nitrogen and oxygen atoms in total. The molecular formula is C24H28N2O5. The third-order valence-corrected chi connectivity index (χ3v) is 5.60. The lowest BCUT2D eigenvalue weighted by atomic mass is 9.81. The molecule has 1 aromatic heterocycles. The van der Waals surface area contributed by atoms with E-state index in [9.17, 15) is 19.8 Å². The van der Waals surface area contributed by atoms with Gasteiger partial charge in [0, 0.05) is 16.9 Å². The van der Waals surface area contributed by atoms with Crippen LogP contribution in [-0.2, 0) is 16.0 Å². The first kappa shape index (κ1) is 22.5. The summed E-state index contributed by atoms with van der Waals surface area (Å²) < 4.78 is 4.79. The van der Waals surface area contributed by atoms with E-state index in [2.05, 4.69) is 10.7 Å². The summed E-state index contributed by atoms with van der Waals surface area (Å²) in [5.41, 5.74) is 7.81. The van der Waals surface area contributed by atoms with Gasteiger partial charge < -0.3 is 30.5 Å². The number of aliphatic hydroxyl groups excluding tert-OH is 1. The van der Waals surface area contributed by atoms with E-state index >= 15 is 0 Å². The van der Waals surface area contributed by atoms with Crippen molar-refractivity contribution in [2.24, 2.45) is 0 Å². The number of carbonyl (C=O) groups is 2. The van der Waals surface area contributed by atoms with Crippen molar-refractivity contribution in [2.45, 2.75) is 44.2 Å². The van der Waals surface area contributed by atoms with Crippen molar-refractivity contribution < 1.29 is 30.3 Å². The number of aliphatic carboxylic acids is 1. The molecule has 0 amide bonds. The molecule has 5 N–H and O–H groups in total. The Morgan fingerprint density at radius 1 is 1.23 bits per heavy atom. The number of benzene rings is 2. The summed E-state index contributed by atoms with van der Waals surface area (Å²) in [6.45, 7) is 1.90. The molecule has 1 heterocycles. The van der Waals surface area contributed by atoms with Gasteiger partial charge in [0.05, 0.1) is 7.11 Å². The fourth-order valence-corrected chi connectivity index (χ4v) is 4.09. The normalized spacial score (nSPS) is 16.7. The Bertz CT molecular complexity index is 1060. The maximum atomic E-state index is 11.9. The number of rotatable bonds is 5. The molecule has 7 heteroatoms. The maximum absolute atomic E-state index is 11.9. The number of quaternary nitrogens is 1. The largest absolute Gasteiger partial charge is 0.550 e. The number of aromatic amines is 1. The van der Waals surface area contributed by atoms with Crippen molar-refractivity contribution in [3.8, 4) is 0 Å². The van der Waals surface area contributed by atoms with Crippen LogP contribution in [0.25, 0.3) is 10.9 Å². The van der Waals surface area contributed by atoms with Gasteiger partial charge in [-0.2, -0.15) is 0 Å². The molecule has 0 unspecified atom stereocenters. The highest BCUT2D eigenvalue weighted by Gasteiger charge is 2.29. The summed E-state index contributed by atoms with van der Waals surface area (Å²) in [4.78, 5) is 25.9. The standard InChI is InChI=1S/C15H15NO4.C9H13NO/c1-20-15(19)14-13-9(7-11(17)18)6-5-8-3-2-4-10(16-14)12(8)13;1-7(10)9(11)8-5-3-2-4-6-8/h2-4,9,16H,5-7H2,1H3,(H,17,18);2-7,9,11H,10H2,1H3/t9-;7-,9-/m00/s1. The fraction of sp³-hybridized carbons (Fsp3) is 0.333. The number of carboxylic acids is 1. The minimum absolute atomic E-state index is 0.0393. The second kappa shape index (κ2) is 9.76. The van der Waals surface area contributed by atoms with Crippen molar-refractivity contribution in [3.05, 3.63) is 70.9 Å². The third kappa shape index (κ3) is 4.95. The summed E-state index contributed by atoms with van der Waals surface area (Å²) in [6.07, 6.45) is 0.991. The van der Waals surface area contributed by atoms with Crippen molar-refractivity contribution >= 4 is 22.8 Å². The van der Waals surface area contributed by atoms with Crippen molar-refractivity contribution in [1.82, 2.24) is 4.98 Å². The first-order valence-corrected chi connectivity index (χ1v) is 10.3. The van der Waals surface area contributed by atoms with Crippen LogP contribution in [0.2, 0.25) is 0 Å². The summed E-state index contributed by atoms with van der Waals surface area (Å²) in [5, 5.41) is 21.4. The lowest BCUT2D eigenvalue weighted by Crippen LogP contribution is -2.61. The highest BCUT2D eigenvalue weighted by molar-refractivity contribution is 6.00. The van der Waals surface area contributed by atoms with Crippen molar-refractivity contribution in [3.63, 3.8) is 0 Å². The predicted molar refractivity (Wildman–Crippen MR) is 114 cm³/mol. The van der Waals surface area contributed by atoms with Crippen LogP contribution in [0.3, 0.4) is 0 Å². The minimum atomic E-state index is -1.10. The van der Waals surface area contributed by atoms with E-state index in [-0.39, 0.29) is 18.4 Å². The van der Waals surface area contributed by atoms with Gasteiger partial charge in [-0.25, -0.2) is 4.79 Å². The van der Waals surface area contributed by atoms with Crippen LogP contribution in [-0.4, -0.2) is 35.2 Å². The second-order valence-corrected chi connectivity index (χ2v) is 7.89. The Morgan fingerprint density at radius 3 is 2.55 bits per heavy atom. The van der Waals surface area contributed by atoms with Crippen molar-refractivity contribution in [2.75, 3.05) is 7.11 Å². The van der Waals surface area contributed by atoms with E-state index in [1.807, 2.05) is 55.5 Å². The molecule has 2 aromatic carbocycles. The number of esters is 1. The van der Waals surface area contributed by atoms with Gasteiger partial charge in [-0.1, -0.05) is 42.5 Å². The Hall–Kier alpha value is -3.16. The molecule has 0 saturated heterocycles. The smallest absolute Gasteiger partial charge is 0.354 e. The molecule has 1 aliphatic rings. The van der Waals surface area contributed by atoms with Crippen LogP contribution >= 0.6 is 0 Å². The molecule has 0 saturated carbocycles. The topological polar surface area (TPSA) is 130 Å². The molecule has 0 aliphatic heterocycles. The SMILES string of the molecule is COC(=O)c1[nH]c2cccc3c2c1[C@H](CC(=O)[O-])CC3.C[C@H]([NH3+])[C@H](O)c1ccccc1. The molecular weight excluding hydrogens is 396 g/mol. The number of hydrogen-bond donors (Lipinski definition) is 3. The van der Waals surface area contributed by atoms with Gasteiger partial charge in [-0.15, -0.1) is 0 Å². The molecule has 164 valence electrons. The van der Waals surface area contributed by atoms with Gasteiger partial charge in [0.15, 0.2) is 0 Å². The van der Waals surface area contributed by atoms with Crippen LogP contribution in [0.1, 0.15) is 59.0 Å². The number of nitrogens with one attached hydrogen (secondary N) is 1. The first-order chi connectivity index (χ1) is 14.8. The van der Waals surface area contributed by atoms with Crippen LogP contribution in [0.15, 0.2) is 48.5 Å². The number of methoxy groups -OCH3 is 1. The van der Waals surface area contributed by atoms with E-state index in [4.69, 9.17) is 4.74 Å². The molecule has 0 radical (unpaired) electrons. The number of aromatic nitrogens is 1. The van der Waals surface area contributed by atoms with Crippen LogP contribution in [0.5, 0.6) is 0 Å². The lowest BCUT2D eigenvalue weighted by Gasteiger charge is -2.23.